The Kier molecular flexibility index (Phi) is 6.68. The van der Waals surface area contributed by atoms with Gasteiger partial charge in [-0.3, -0.25) is 9.59 Å². The van der Waals surface area contributed by atoms with Gasteiger partial charge in [-0.15, -0.1) is 0 Å². The second-order valence-electron chi connectivity index (χ2n) is 7.25. The first-order valence-electron chi connectivity index (χ1n) is 9.72. The van der Waals surface area contributed by atoms with Crippen molar-refractivity contribution in [1.29, 1.82) is 0 Å². The Morgan fingerprint density at radius 1 is 1.22 bits per heavy atom. The molecule has 1 aliphatic heterocycles. The van der Waals surface area contributed by atoms with Crippen LogP contribution in [0.25, 0.3) is 0 Å². The summed E-state index contributed by atoms with van der Waals surface area (Å²) in [5, 5.41) is 0. The van der Waals surface area contributed by atoms with Gasteiger partial charge in [-0.1, -0.05) is 0 Å². The summed E-state index contributed by atoms with van der Waals surface area (Å²) in [6.45, 7) is 12.7. The van der Waals surface area contributed by atoms with Crippen molar-refractivity contribution in [3.63, 3.8) is 0 Å². The Morgan fingerprint density at radius 2 is 1.85 bits per heavy atom. The predicted molar refractivity (Wildman–Crippen MR) is 103 cm³/mol. The fourth-order valence-electron chi connectivity index (χ4n) is 3.70. The van der Waals surface area contributed by atoms with Gasteiger partial charge in [0.1, 0.15) is 11.7 Å². The zero-order valence-electron chi connectivity index (χ0n) is 17.2. The lowest BCUT2D eigenvalue weighted by Gasteiger charge is -2.29. The molecular weight excluding hydrogens is 346 g/mol. The van der Waals surface area contributed by atoms with E-state index in [4.69, 9.17) is 4.74 Å². The lowest BCUT2D eigenvalue weighted by atomic mass is 10.1. The fraction of sp³-hybridized carbons (Fsp3) is 0.650. The van der Waals surface area contributed by atoms with Crippen LogP contribution in [0.5, 0.6) is 0 Å². The fourth-order valence-corrected chi connectivity index (χ4v) is 3.70. The van der Waals surface area contributed by atoms with Crippen molar-refractivity contribution in [3.8, 4) is 0 Å². The quantitative estimate of drug-likeness (QED) is 0.773. The number of ether oxygens (including phenoxy) is 1. The molecule has 0 saturated carbocycles. The molecule has 0 aromatic carbocycles. The van der Waals surface area contributed by atoms with Gasteiger partial charge in [-0.2, -0.15) is 0 Å². The standard InChI is InChI=1S/C20H31N3O4/c1-7-22(8-2)18(24)15-10-9-11-23(15)19(25)17-13(5)16(14(6)21-17)20(26)27-12(3)4/h12,15,21H,7-11H2,1-6H3. The molecule has 1 N–H and O–H groups in total. The van der Waals surface area contributed by atoms with Crippen molar-refractivity contribution < 1.29 is 19.1 Å². The zero-order valence-corrected chi connectivity index (χ0v) is 17.2. The van der Waals surface area contributed by atoms with E-state index in [1.807, 2.05) is 13.8 Å². The number of nitrogens with one attached hydrogen (secondary N) is 1. The maximum atomic E-state index is 13.2. The molecule has 1 fully saturated rings. The first-order chi connectivity index (χ1) is 12.7. The number of rotatable bonds is 6. The highest BCUT2D eigenvalue weighted by atomic mass is 16.5. The molecule has 0 spiro atoms. The van der Waals surface area contributed by atoms with Crippen molar-refractivity contribution in [3.05, 3.63) is 22.5 Å². The largest absolute Gasteiger partial charge is 0.459 e. The Labute approximate surface area is 161 Å². The van der Waals surface area contributed by atoms with E-state index in [1.165, 1.54) is 0 Å². The van der Waals surface area contributed by atoms with Gasteiger partial charge in [0.2, 0.25) is 5.91 Å². The summed E-state index contributed by atoms with van der Waals surface area (Å²) in [5.41, 5.74) is 1.94. The number of carbonyl (C=O) groups is 3. The molecule has 0 radical (unpaired) electrons. The van der Waals surface area contributed by atoms with Crippen molar-refractivity contribution in [2.24, 2.45) is 0 Å². The van der Waals surface area contributed by atoms with E-state index in [0.29, 0.717) is 48.6 Å². The van der Waals surface area contributed by atoms with Crippen LogP contribution < -0.4 is 0 Å². The zero-order chi connectivity index (χ0) is 20.3. The number of aromatic amines is 1. The topological polar surface area (TPSA) is 82.7 Å². The van der Waals surface area contributed by atoms with Crippen LogP contribution in [0.2, 0.25) is 0 Å². The molecule has 150 valence electrons. The third-order valence-corrected chi connectivity index (χ3v) is 5.07. The first kappa shape index (κ1) is 21.0. The molecule has 2 heterocycles. The van der Waals surface area contributed by atoms with Gasteiger partial charge in [-0.05, 0) is 59.9 Å². The van der Waals surface area contributed by atoms with Crippen LogP contribution in [0.4, 0.5) is 0 Å². The molecule has 2 rings (SSSR count). The normalized spacial score (nSPS) is 16.7. The molecule has 1 unspecified atom stereocenters. The minimum atomic E-state index is -0.438. The molecule has 27 heavy (non-hydrogen) atoms. The average molecular weight is 377 g/mol. The number of amides is 2. The summed E-state index contributed by atoms with van der Waals surface area (Å²) in [7, 11) is 0. The molecule has 1 aromatic rings. The molecule has 0 bridgehead atoms. The van der Waals surface area contributed by atoms with Crippen LogP contribution in [0.3, 0.4) is 0 Å². The molecule has 0 aliphatic carbocycles. The number of likely N-dealkylation sites (N-methyl/N-ethyl adjacent to an activating group) is 1. The van der Waals surface area contributed by atoms with Gasteiger partial charge in [0.05, 0.1) is 11.7 Å². The van der Waals surface area contributed by atoms with E-state index in [1.54, 1.807) is 37.5 Å². The van der Waals surface area contributed by atoms with Gasteiger partial charge >= 0.3 is 5.97 Å². The number of aryl methyl sites for hydroxylation is 1. The van der Waals surface area contributed by atoms with Crippen molar-refractivity contribution in [2.75, 3.05) is 19.6 Å². The van der Waals surface area contributed by atoms with E-state index >= 15 is 0 Å². The number of hydrogen-bond donors (Lipinski definition) is 1. The third kappa shape index (κ3) is 4.17. The van der Waals surface area contributed by atoms with E-state index in [0.717, 1.165) is 6.42 Å². The lowest BCUT2D eigenvalue weighted by molar-refractivity contribution is -0.134. The van der Waals surface area contributed by atoms with Crippen LogP contribution in [-0.4, -0.2) is 64.3 Å². The summed E-state index contributed by atoms with van der Waals surface area (Å²) in [4.78, 5) is 44.8. The smallest absolute Gasteiger partial charge is 0.340 e. The Bertz CT molecular complexity index is 719. The van der Waals surface area contributed by atoms with Crippen molar-refractivity contribution in [1.82, 2.24) is 14.8 Å². The van der Waals surface area contributed by atoms with E-state index in [9.17, 15) is 14.4 Å². The van der Waals surface area contributed by atoms with Crippen LogP contribution >= 0.6 is 0 Å². The first-order valence-corrected chi connectivity index (χ1v) is 9.72. The lowest BCUT2D eigenvalue weighted by Crippen LogP contribution is -2.47. The number of H-pyrrole nitrogens is 1. The number of carbonyl (C=O) groups excluding carboxylic acids is 3. The summed E-state index contributed by atoms with van der Waals surface area (Å²) >= 11 is 0. The van der Waals surface area contributed by atoms with Gasteiger partial charge in [0, 0.05) is 25.3 Å². The van der Waals surface area contributed by atoms with Crippen LogP contribution in [0, 0.1) is 13.8 Å². The Balaban J connectivity index is 2.29. The average Bonchev–Trinajstić information content (AvgIpc) is 3.19. The highest BCUT2D eigenvalue weighted by Crippen LogP contribution is 2.26. The molecule has 1 aliphatic rings. The van der Waals surface area contributed by atoms with E-state index in [-0.39, 0.29) is 17.9 Å². The SMILES string of the molecule is CCN(CC)C(=O)C1CCCN1C(=O)c1[nH]c(C)c(C(=O)OC(C)C)c1C. The van der Waals surface area contributed by atoms with Gasteiger partial charge in [0.15, 0.2) is 0 Å². The molecule has 7 heteroatoms. The molecule has 1 aromatic heterocycles. The van der Waals surface area contributed by atoms with Gasteiger partial charge in [-0.25, -0.2) is 4.79 Å². The number of likely N-dealkylation sites (tertiary alicyclic amines) is 1. The molecule has 7 nitrogen and oxygen atoms in total. The Morgan fingerprint density at radius 3 is 2.41 bits per heavy atom. The van der Waals surface area contributed by atoms with E-state index < -0.39 is 12.0 Å². The van der Waals surface area contributed by atoms with Gasteiger partial charge < -0.3 is 19.5 Å². The second kappa shape index (κ2) is 8.59. The predicted octanol–water partition coefficient (Wildman–Crippen LogP) is 2.67. The molecular formula is C20H31N3O4. The summed E-state index contributed by atoms with van der Waals surface area (Å²) in [6, 6.07) is -0.438. The van der Waals surface area contributed by atoms with Gasteiger partial charge in [0.25, 0.3) is 5.91 Å². The highest BCUT2D eigenvalue weighted by Gasteiger charge is 2.38. The second-order valence-corrected chi connectivity index (χ2v) is 7.25. The Hall–Kier alpha value is -2.31. The monoisotopic (exact) mass is 377 g/mol. The summed E-state index contributed by atoms with van der Waals surface area (Å²) < 4.78 is 5.29. The minimum Gasteiger partial charge on any atom is -0.459 e. The highest BCUT2D eigenvalue weighted by molar-refractivity contribution is 6.02. The van der Waals surface area contributed by atoms with Crippen LogP contribution in [-0.2, 0) is 9.53 Å². The van der Waals surface area contributed by atoms with Crippen molar-refractivity contribution in [2.45, 2.75) is 66.5 Å². The number of nitrogens with zero attached hydrogens (tertiary/aromatic N) is 2. The molecule has 2 amide bonds. The van der Waals surface area contributed by atoms with Crippen molar-refractivity contribution >= 4 is 17.8 Å². The maximum absolute atomic E-state index is 13.2. The third-order valence-electron chi connectivity index (χ3n) is 5.07. The van der Waals surface area contributed by atoms with Crippen LogP contribution in [0.1, 0.15) is 72.6 Å². The maximum Gasteiger partial charge on any atom is 0.340 e. The summed E-state index contributed by atoms with van der Waals surface area (Å²) in [6.07, 6.45) is 1.23. The number of aromatic nitrogens is 1. The molecule has 1 saturated heterocycles. The minimum absolute atomic E-state index is 0.00813. The summed E-state index contributed by atoms with van der Waals surface area (Å²) in [5.74, 6) is -0.680. The number of esters is 1. The van der Waals surface area contributed by atoms with E-state index in [2.05, 4.69) is 4.98 Å². The van der Waals surface area contributed by atoms with Crippen LogP contribution in [0.15, 0.2) is 0 Å². The molecule has 1 atom stereocenters. The number of hydrogen-bond acceptors (Lipinski definition) is 4.